The minimum atomic E-state index is -0.320. The Hall–Kier alpha value is -2.71. The number of carbonyl (C=O) groups is 2. The molecule has 8 heteroatoms. The minimum absolute atomic E-state index is 0.185. The highest BCUT2D eigenvalue weighted by atomic mass is 79.9. The Morgan fingerprint density at radius 3 is 2.07 bits per heavy atom. The first-order valence-corrected chi connectivity index (χ1v) is 10.4. The Balaban J connectivity index is 1.49. The van der Waals surface area contributed by atoms with Gasteiger partial charge >= 0.3 is 6.03 Å². The van der Waals surface area contributed by atoms with Crippen LogP contribution in [-0.4, -0.2) is 16.9 Å². The molecule has 1 aromatic heterocycles. The maximum atomic E-state index is 12.3. The van der Waals surface area contributed by atoms with Crippen molar-refractivity contribution in [1.29, 1.82) is 0 Å². The number of rotatable bonds is 6. The highest BCUT2D eigenvalue weighted by Gasteiger charge is 2.07. The fourth-order valence-corrected chi connectivity index (χ4v) is 3.95. The number of hydrogen-bond donors (Lipinski definition) is 3. The summed E-state index contributed by atoms with van der Waals surface area (Å²) in [5.41, 5.74) is 3.05. The lowest BCUT2D eigenvalue weighted by atomic mass is 10.1. The average Bonchev–Trinajstić information content (AvgIpc) is 2.71. The molecule has 0 saturated carbocycles. The van der Waals surface area contributed by atoms with Gasteiger partial charge in [0.25, 0.3) is 5.91 Å². The Morgan fingerprint density at radius 2 is 1.41 bits per heavy atom. The van der Waals surface area contributed by atoms with Crippen molar-refractivity contribution >= 4 is 49.5 Å². The summed E-state index contributed by atoms with van der Waals surface area (Å²) in [4.78, 5) is 28.3. The van der Waals surface area contributed by atoms with Crippen molar-refractivity contribution in [1.82, 2.24) is 15.6 Å². The third kappa shape index (κ3) is 6.69. The van der Waals surface area contributed by atoms with Gasteiger partial charge in [-0.2, -0.15) is 0 Å². The molecule has 29 heavy (non-hydrogen) atoms. The molecule has 3 N–H and O–H groups in total. The highest BCUT2D eigenvalue weighted by Crippen LogP contribution is 2.20. The van der Waals surface area contributed by atoms with Gasteiger partial charge < -0.3 is 16.0 Å². The summed E-state index contributed by atoms with van der Waals surface area (Å²) in [6.45, 7) is 0.814. The maximum absolute atomic E-state index is 12.3. The lowest BCUT2D eigenvalue weighted by Crippen LogP contribution is -2.28. The maximum Gasteiger partial charge on any atom is 0.319 e. The van der Waals surface area contributed by atoms with Crippen LogP contribution < -0.4 is 16.0 Å². The Labute approximate surface area is 185 Å². The third-order valence-corrected chi connectivity index (χ3v) is 4.90. The van der Waals surface area contributed by atoms with Crippen molar-refractivity contribution in [2.24, 2.45) is 0 Å². The van der Waals surface area contributed by atoms with E-state index in [0.717, 1.165) is 20.1 Å². The molecular formula is C21H18Br2N4O2. The van der Waals surface area contributed by atoms with Crippen LogP contribution in [0.15, 0.2) is 75.9 Å². The van der Waals surface area contributed by atoms with Gasteiger partial charge in [-0.15, -0.1) is 0 Å². The topological polar surface area (TPSA) is 83.1 Å². The smallest absolute Gasteiger partial charge is 0.319 e. The zero-order valence-electron chi connectivity index (χ0n) is 15.3. The van der Waals surface area contributed by atoms with Crippen LogP contribution >= 0.6 is 31.9 Å². The SMILES string of the molecule is O=C(NCc1ccncc1)Nc1ccc(C(=O)NCc2cc(Br)cc(Br)c2)cc1. The van der Waals surface area contributed by atoms with E-state index in [1.807, 2.05) is 30.3 Å². The lowest BCUT2D eigenvalue weighted by molar-refractivity contribution is 0.0951. The second-order valence-electron chi connectivity index (χ2n) is 6.20. The largest absolute Gasteiger partial charge is 0.348 e. The van der Waals surface area contributed by atoms with E-state index in [2.05, 4.69) is 52.8 Å². The number of amides is 3. The lowest BCUT2D eigenvalue weighted by Gasteiger charge is -2.09. The molecule has 0 spiro atoms. The molecule has 0 saturated heterocycles. The standard InChI is InChI=1S/C21H18Br2N4O2/c22-17-9-15(10-18(23)11-17)13-25-20(28)16-1-3-19(4-2-16)27-21(29)26-12-14-5-7-24-8-6-14/h1-11H,12-13H2,(H,25,28)(H2,26,27,29). The first kappa shape index (κ1) is 21.0. The third-order valence-electron chi connectivity index (χ3n) is 3.98. The molecular weight excluding hydrogens is 500 g/mol. The summed E-state index contributed by atoms with van der Waals surface area (Å²) < 4.78 is 1.88. The molecule has 3 amide bonds. The van der Waals surface area contributed by atoms with Crippen LogP contribution in [0.2, 0.25) is 0 Å². The van der Waals surface area contributed by atoms with Gasteiger partial charge in [0.1, 0.15) is 0 Å². The summed E-state index contributed by atoms with van der Waals surface area (Å²) in [7, 11) is 0. The summed E-state index contributed by atoms with van der Waals surface area (Å²) in [6, 6.07) is 15.9. The predicted molar refractivity (Wildman–Crippen MR) is 120 cm³/mol. The zero-order valence-corrected chi connectivity index (χ0v) is 18.5. The van der Waals surface area contributed by atoms with Gasteiger partial charge in [0.2, 0.25) is 0 Å². The van der Waals surface area contributed by atoms with E-state index < -0.39 is 0 Å². The predicted octanol–water partition coefficient (Wildman–Crippen LogP) is 4.86. The molecule has 1 heterocycles. The second-order valence-corrected chi connectivity index (χ2v) is 8.03. The number of aromatic nitrogens is 1. The van der Waals surface area contributed by atoms with Crippen molar-refractivity contribution in [3.05, 3.63) is 92.6 Å². The van der Waals surface area contributed by atoms with Crippen LogP contribution in [0.5, 0.6) is 0 Å². The molecule has 0 aliphatic rings. The molecule has 0 unspecified atom stereocenters. The first-order valence-electron chi connectivity index (χ1n) is 8.76. The molecule has 3 rings (SSSR count). The summed E-state index contributed by atoms with van der Waals surface area (Å²) in [5.74, 6) is -0.185. The highest BCUT2D eigenvalue weighted by molar-refractivity contribution is 9.11. The van der Waals surface area contributed by atoms with Crippen molar-refractivity contribution in [3.63, 3.8) is 0 Å². The number of pyridine rings is 1. The average molecular weight is 518 g/mol. The molecule has 0 aliphatic heterocycles. The fraction of sp³-hybridized carbons (Fsp3) is 0.0952. The van der Waals surface area contributed by atoms with Crippen molar-refractivity contribution in [2.45, 2.75) is 13.1 Å². The van der Waals surface area contributed by atoms with E-state index in [1.54, 1.807) is 36.7 Å². The fourth-order valence-electron chi connectivity index (χ4n) is 2.56. The number of carbonyl (C=O) groups excluding carboxylic acids is 2. The number of nitrogens with zero attached hydrogens (tertiary/aromatic N) is 1. The van der Waals surface area contributed by atoms with E-state index in [4.69, 9.17) is 0 Å². The summed E-state index contributed by atoms with van der Waals surface area (Å²) in [6.07, 6.45) is 3.35. The van der Waals surface area contributed by atoms with Gasteiger partial charge in [0.05, 0.1) is 0 Å². The van der Waals surface area contributed by atoms with Gasteiger partial charge in [-0.1, -0.05) is 31.9 Å². The van der Waals surface area contributed by atoms with E-state index in [9.17, 15) is 9.59 Å². The molecule has 0 radical (unpaired) electrons. The number of anilines is 1. The van der Waals surface area contributed by atoms with E-state index in [0.29, 0.717) is 24.3 Å². The molecule has 3 aromatic rings. The molecule has 0 bridgehead atoms. The molecule has 2 aromatic carbocycles. The van der Waals surface area contributed by atoms with Gasteiger partial charge in [0, 0.05) is 45.7 Å². The van der Waals surface area contributed by atoms with Gasteiger partial charge in [-0.05, 0) is 65.7 Å². The van der Waals surface area contributed by atoms with Crippen molar-refractivity contribution < 1.29 is 9.59 Å². The number of benzene rings is 2. The van der Waals surface area contributed by atoms with Gasteiger partial charge in [-0.25, -0.2) is 4.79 Å². The number of hydrogen-bond acceptors (Lipinski definition) is 3. The van der Waals surface area contributed by atoms with Crippen LogP contribution in [0.1, 0.15) is 21.5 Å². The normalized spacial score (nSPS) is 10.3. The second kappa shape index (κ2) is 10.2. The summed E-state index contributed by atoms with van der Waals surface area (Å²) in [5, 5.41) is 8.39. The summed E-state index contributed by atoms with van der Waals surface area (Å²) >= 11 is 6.86. The van der Waals surface area contributed by atoms with Gasteiger partial charge in [0.15, 0.2) is 0 Å². The van der Waals surface area contributed by atoms with E-state index in [1.165, 1.54) is 0 Å². The minimum Gasteiger partial charge on any atom is -0.348 e. The molecule has 0 atom stereocenters. The van der Waals surface area contributed by atoms with Crippen LogP contribution in [0, 0.1) is 0 Å². The number of urea groups is 1. The Morgan fingerprint density at radius 1 is 0.793 bits per heavy atom. The molecule has 6 nitrogen and oxygen atoms in total. The molecule has 148 valence electrons. The van der Waals surface area contributed by atoms with Crippen LogP contribution in [0.4, 0.5) is 10.5 Å². The zero-order chi connectivity index (χ0) is 20.6. The monoisotopic (exact) mass is 516 g/mol. The van der Waals surface area contributed by atoms with E-state index >= 15 is 0 Å². The number of halogens is 2. The number of nitrogens with one attached hydrogen (secondary N) is 3. The van der Waals surface area contributed by atoms with Crippen molar-refractivity contribution in [3.8, 4) is 0 Å². The quantitative estimate of drug-likeness (QED) is 0.436. The van der Waals surface area contributed by atoms with Crippen LogP contribution in [-0.2, 0) is 13.1 Å². The Bertz CT molecular complexity index is 975. The molecule has 0 aliphatic carbocycles. The van der Waals surface area contributed by atoms with Gasteiger partial charge in [-0.3, -0.25) is 9.78 Å². The van der Waals surface area contributed by atoms with Crippen LogP contribution in [0.3, 0.4) is 0 Å². The first-order chi connectivity index (χ1) is 14.0. The van der Waals surface area contributed by atoms with Crippen molar-refractivity contribution in [2.75, 3.05) is 5.32 Å². The Kier molecular flexibility index (Phi) is 7.37. The van der Waals surface area contributed by atoms with E-state index in [-0.39, 0.29) is 11.9 Å². The molecule has 0 fully saturated rings. The van der Waals surface area contributed by atoms with Crippen LogP contribution in [0.25, 0.3) is 0 Å².